The van der Waals surface area contributed by atoms with Crippen molar-refractivity contribution in [2.75, 3.05) is 0 Å². The van der Waals surface area contributed by atoms with Crippen LogP contribution in [-0.2, 0) is 17.1 Å². The van der Waals surface area contributed by atoms with E-state index in [0.717, 1.165) is 4.68 Å². The fourth-order valence-electron chi connectivity index (χ4n) is 1.35. The summed E-state index contributed by atoms with van der Waals surface area (Å²) >= 11 is 0. The Kier molecular flexibility index (Phi) is 5.17. The predicted octanol–water partition coefficient (Wildman–Crippen LogP) is 0.976. The molecule has 3 rings (SSSR count). The van der Waals surface area contributed by atoms with Crippen molar-refractivity contribution >= 4 is 0 Å². The third-order valence-corrected chi connectivity index (χ3v) is 2.10. The molecule has 0 amide bonds. The van der Waals surface area contributed by atoms with Gasteiger partial charge in [-0.25, -0.2) is 4.79 Å². The zero-order valence-corrected chi connectivity index (χ0v) is 10.4. The molecule has 2 aromatic carbocycles. The summed E-state index contributed by atoms with van der Waals surface area (Å²) < 4.78 is 1.16. The van der Waals surface area contributed by atoms with Gasteiger partial charge in [0.2, 0.25) is 0 Å². The number of nitrogens with one attached hydrogen (secondary N) is 2. The number of aromatic amines is 2. The van der Waals surface area contributed by atoms with E-state index in [1.165, 1.54) is 0 Å². The fourth-order valence-corrected chi connectivity index (χ4v) is 1.35. The first-order chi connectivity index (χ1) is 8.27. The van der Waals surface area contributed by atoms with E-state index in [9.17, 15) is 9.59 Å². The second kappa shape index (κ2) is 6.64. The quantitative estimate of drug-likeness (QED) is 0.517. The van der Waals surface area contributed by atoms with Crippen LogP contribution >= 0.6 is 0 Å². The average Bonchev–Trinajstić information content (AvgIpc) is 2.99. The first kappa shape index (κ1) is 14.0. The number of H-pyrrole nitrogens is 2. The van der Waals surface area contributed by atoms with Gasteiger partial charge in [-0.1, -0.05) is 0 Å². The molecule has 0 saturated heterocycles. The van der Waals surface area contributed by atoms with Gasteiger partial charge in [-0.2, -0.15) is 12.1 Å². The van der Waals surface area contributed by atoms with Gasteiger partial charge in [0.1, 0.15) is 0 Å². The zero-order chi connectivity index (χ0) is 12.1. The molecule has 0 unspecified atom stereocenters. The number of hydrogen-bond acceptors (Lipinski definition) is 2. The summed E-state index contributed by atoms with van der Waals surface area (Å²) in [6, 6.07) is 17.0. The molecule has 0 saturated carbocycles. The van der Waals surface area contributed by atoms with E-state index in [2.05, 4.69) is 10.1 Å². The molecule has 0 aliphatic carbocycles. The molecule has 0 spiro atoms. The molecule has 0 atom stereocenters. The van der Waals surface area contributed by atoms with Crippen molar-refractivity contribution in [3.8, 4) is 5.69 Å². The molecule has 0 fully saturated rings. The molecular weight excluding hydrogens is 274 g/mol. The maximum Gasteiger partial charge on any atom is 0.332 e. The van der Waals surface area contributed by atoms with Gasteiger partial charge in [-0.15, -0.1) is 12.1 Å². The molecule has 2 N–H and O–H groups in total. The van der Waals surface area contributed by atoms with E-state index in [4.69, 9.17) is 0 Å². The minimum atomic E-state index is -0.499. The maximum absolute atomic E-state index is 11.0. The van der Waals surface area contributed by atoms with E-state index < -0.39 is 11.4 Å². The molecule has 5 nitrogen and oxygen atoms in total. The van der Waals surface area contributed by atoms with Gasteiger partial charge in [-0.05, 0) is 5.69 Å². The molecule has 0 aliphatic heterocycles. The van der Waals surface area contributed by atoms with Gasteiger partial charge >= 0.3 is 5.69 Å². The van der Waals surface area contributed by atoms with Crippen LogP contribution in [0.15, 0.2) is 64.2 Å². The topological polar surface area (TPSA) is 70.7 Å². The molecular formula is C12H11FeN3O2-6. The Morgan fingerprint density at radius 3 is 1.89 bits per heavy atom. The third kappa shape index (κ3) is 3.48. The zero-order valence-electron chi connectivity index (χ0n) is 9.31. The number of rotatable bonds is 1. The van der Waals surface area contributed by atoms with Gasteiger partial charge in [0, 0.05) is 17.1 Å². The summed E-state index contributed by atoms with van der Waals surface area (Å²) in [5, 5.41) is 2.34. The first-order valence-electron chi connectivity index (χ1n) is 5.07. The predicted molar refractivity (Wildman–Crippen MR) is 64.6 cm³/mol. The van der Waals surface area contributed by atoms with Gasteiger partial charge in [0.15, 0.2) is 0 Å². The smallest absolute Gasteiger partial charge is 0.332 e. The van der Waals surface area contributed by atoms with Crippen LogP contribution in [0, 0.1) is 0 Å². The number of aromatic nitrogens is 3. The van der Waals surface area contributed by atoms with E-state index in [1.54, 1.807) is 24.3 Å². The summed E-state index contributed by atoms with van der Waals surface area (Å²) in [6.07, 6.45) is 0. The molecule has 18 heavy (non-hydrogen) atoms. The Bertz CT molecular complexity index is 627. The summed E-state index contributed by atoms with van der Waals surface area (Å²) in [4.78, 5) is 23.8. The first-order valence-corrected chi connectivity index (χ1v) is 5.07. The Labute approximate surface area is 113 Å². The Morgan fingerprint density at radius 1 is 1.00 bits per heavy atom. The van der Waals surface area contributed by atoms with Crippen LogP contribution in [0.2, 0.25) is 0 Å². The third-order valence-electron chi connectivity index (χ3n) is 2.10. The van der Waals surface area contributed by atoms with Crippen molar-refractivity contribution in [3.05, 3.63) is 75.6 Å². The minimum Gasteiger partial charge on any atom is -0.748 e. The van der Waals surface area contributed by atoms with E-state index in [-0.39, 0.29) is 17.1 Å². The Balaban J connectivity index is 0.000000230. The summed E-state index contributed by atoms with van der Waals surface area (Å²) in [5.41, 5.74) is -0.300. The van der Waals surface area contributed by atoms with Crippen LogP contribution in [0.4, 0.5) is 0 Å². The van der Waals surface area contributed by atoms with Crippen molar-refractivity contribution in [3.63, 3.8) is 0 Å². The maximum atomic E-state index is 11.0. The van der Waals surface area contributed by atoms with Crippen molar-refractivity contribution in [1.29, 1.82) is 0 Å². The van der Waals surface area contributed by atoms with Crippen LogP contribution in [0.3, 0.4) is 0 Å². The van der Waals surface area contributed by atoms with Gasteiger partial charge in [0.05, 0.1) is 0 Å². The molecule has 1 aromatic heterocycles. The second-order valence-electron chi connectivity index (χ2n) is 3.31. The van der Waals surface area contributed by atoms with E-state index in [0.29, 0.717) is 5.69 Å². The van der Waals surface area contributed by atoms with Gasteiger partial charge < -0.3 is 35.1 Å². The number of hydrogen-bond donors (Lipinski definition) is 2. The minimum absolute atomic E-state index is 0. The molecule has 100 valence electrons. The van der Waals surface area contributed by atoms with E-state index in [1.807, 2.05) is 30.3 Å². The molecule has 6 heteroatoms. The average molecular weight is 285 g/mol. The molecule has 0 aliphatic rings. The fraction of sp³-hybridized carbons (Fsp3) is 0. The van der Waals surface area contributed by atoms with Crippen molar-refractivity contribution in [1.82, 2.24) is 14.8 Å². The van der Waals surface area contributed by atoms with Crippen molar-refractivity contribution in [2.45, 2.75) is 0 Å². The van der Waals surface area contributed by atoms with E-state index >= 15 is 0 Å². The van der Waals surface area contributed by atoms with Crippen LogP contribution in [-0.4, -0.2) is 14.8 Å². The molecule has 0 radical (unpaired) electrons. The summed E-state index contributed by atoms with van der Waals surface area (Å²) in [5.74, 6) is 0. The van der Waals surface area contributed by atoms with Crippen LogP contribution < -0.4 is 11.4 Å². The van der Waals surface area contributed by atoms with Crippen LogP contribution in [0.5, 0.6) is 0 Å². The normalized spacial score (nSPS) is 9.11. The molecule has 1 heterocycles. The van der Waals surface area contributed by atoms with Crippen molar-refractivity contribution < 1.29 is 17.1 Å². The van der Waals surface area contributed by atoms with Gasteiger partial charge in [0.25, 0.3) is 5.69 Å². The Hall–Kier alpha value is -2.04. The largest absolute Gasteiger partial charge is 0.748 e. The van der Waals surface area contributed by atoms with Crippen LogP contribution in [0.25, 0.3) is 5.69 Å². The summed E-state index contributed by atoms with van der Waals surface area (Å²) in [7, 11) is 0. The second-order valence-corrected chi connectivity index (χ2v) is 3.31. The van der Waals surface area contributed by atoms with Gasteiger partial charge in [-0.3, -0.25) is 14.8 Å². The monoisotopic (exact) mass is 285 g/mol. The summed E-state index contributed by atoms with van der Waals surface area (Å²) in [6.45, 7) is 0. The molecule has 3 aromatic rings. The van der Waals surface area contributed by atoms with Crippen LogP contribution in [0.1, 0.15) is 0 Å². The number of nitrogens with zero attached hydrogens (tertiary/aromatic N) is 1. The van der Waals surface area contributed by atoms with Crippen molar-refractivity contribution in [2.24, 2.45) is 0 Å². The molecule has 0 bridgehead atoms. The standard InChI is InChI=1S/C7H6N3O2.C5H5.Fe/c11-6-8-7(12)10(9-6)5-3-1-2-4-5;1-2-4-5-3-1;/h1-4H,(H2,8,9,11,12);1-5H;/q-1;-5;. The SMILES string of the molecule is O=c1[nH]c(=O)n(-[c-]2cccc2)[nH]1.[Fe].[cH-]1[cH-][cH-][cH-][cH-]1. The Morgan fingerprint density at radius 2 is 1.50 bits per heavy atom.